The van der Waals surface area contributed by atoms with Gasteiger partial charge in [0.05, 0.1) is 5.41 Å². The van der Waals surface area contributed by atoms with Gasteiger partial charge in [-0.05, 0) is 44.2 Å². The second kappa shape index (κ2) is 6.34. The molecule has 3 heterocycles. The number of rotatable bonds is 2. The molecular weight excluding hydrogens is 305 g/mol. The Kier molecular flexibility index (Phi) is 4.19. The molecule has 5 heteroatoms. The second-order valence-corrected chi connectivity index (χ2v) is 7.66. The quantitative estimate of drug-likeness (QED) is 0.780. The van der Waals surface area contributed by atoms with Gasteiger partial charge in [0.25, 0.3) is 0 Å². The van der Waals surface area contributed by atoms with Crippen LogP contribution in [0.25, 0.3) is 0 Å². The summed E-state index contributed by atoms with van der Waals surface area (Å²) in [4.78, 5) is 21.5. The molecule has 0 N–H and O–H groups in total. The van der Waals surface area contributed by atoms with Crippen molar-refractivity contribution in [3.63, 3.8) is 0 Å². The molecule has 0 bridgehead atoms. The highest BCUT2D eigenvalue weighted by Crippen LogP contribution is 2.43. The van der Waals surface area contributed by atoms with Gasteiger partial charge in [0.1, 0.15) is 5.82 Å². The predicted octanol–water partition coefficient (Wildman–Crippen LogP) is 3.37. The first-order valence-corrected chi connectivity index (χ1v) is 9.37. The van der Waals surface area contributed by atoms with Crippen molar-refractivity contribution >= 4 is 11.7 Å². The molecule has 0 radical (unpaired) electrons. The molecule has 2 aliphatic heterocycles. The van der Waals surface area contributed by atoms with Gasteiger partial charge in [-0.3, -0.25) is 4.79 Å². The maximum atomic E-state index is 13.5. The van der Waals surface area contributed by atoms with Crippen molar-refractivity contribution < 1.29 is 9.18 Å². The number of piperidine rings is 1. The van der Waals surface area contributed by atoms with E-state index < -0.39 is 5.95 Å². The van der Waals surface area contributed by atoms with Crippen LogP contribution in [0, 0.1) is 11.4 Å². The van der Waals surface area contributed by atoms with Gasteiger partial charge in [0, 0.05) is 25.7 Å². The zero-order chi connectivity index (χ0) is 16.6. The smallest absolute Gasteiger partial charge is 0.230 e. The highest BCUT2D eigenvalue weighted by atomic mass is 19.1. The molecule has 24 heavy (non-hydrogen) atoms. The van der Waals surface area contributed by atoms with Crippen LogP contribution in [0.3, 0.4) is 0 Å². The summed E-state index contributed by atoms with van der Waals surface area (Å²) < 4.78 is 13.5. The third-order valence-corrected chi connectivity index (χ3v) is 6.16. The van der Waals surface area contributed by atoms with E-state index in [9.17, 15) is 9.18 Å². The van der Waals surface area contributed by atoms with Crippen LogP contribution in [0.15, 0.2) is 18.2 Å². The van der Waals surface area contributed by atoms with Crippen LogP contribution in [0.2, 0.25) is 0 Å². The lowest BCUT2D eigenvalue weighted by Crippen LogP contribution is -2.50. The molecule has 1 atom stereocenters. The molecule has 4 nitrogen and oxygen atoms in total. The first kappa shape index (κ1) is 15.9. The number of carbonyl (C=O) groups excluding carboxylic acids is 1. The number of likely N-dealkylation sites (tertiary alicyclic amines) is 1. The van der Waals surface area contributed by atoms with E-state index in [-0.39, 0.29) is 5.41 Å². The van der Waals surface area contributed by atoms with Crippen LogP contribution < -0.4 is 4.90 Å². The third kappa shape index (κ3) is 2.78. The largest absolute Gasteiger partial charge is 0.355 e. The Balaban J connectivity index is 1.51. The molecule has 3 fully saturated rings. The Bertz CT molecular complexity index is 616. The van der Waals surface area contributed by atoms with Gasteiger partial charge in [-0.1, -0.05) is 25.3 Å². The molecule has 4 rings (SSSR count). The number of carbonyl (C=O) groups is 1. The van der Waals surface area contributed by atoms with Crippen LogP contribution in [-0.2, 0) is 4.79 Å². The Morgan fingerprint density at radius 3 is 2.71 bits per heavy atom. The van der Waals surface area contributed by atoms with Crippen LogP contribution in [-0.4, -0.2) is 41.5 Å². The number of halogens is 1. The number of hydrogen-bond donors (Lipinski definition) is 0. The monoisotopic (exact) mass is 331 g/mol. The summed E-state index contributed by atoms with van der Waals surface area (Å²) in [5, 5.41) is 0. The topological polar surface area (TPSA) is 36.4 Å². The summed E-state index contributed by atoms with van der Waals surface area (Å²) >= 11 is 0. The summed E-state index contributed by atoms with van der Waals surface area (Å²) in [5.74, 6) is 0.558. The van der Waals surface area contributed by atoms with Crippen molar-refractivity contribution in [2.45, 2.75) is 57.4 Å². The molecular formula is C19H26FN3O. The van der Waals surface area contributed by atoms with Gasteiger partial charge in [-0.15, -0.1) is 0 Å². The van der Waals surface area contributed by atoms with E-state index in [1.54, 1.807) is 6.07 Å². The van der Waals surface area contributed by atoms with E-state index in [2.05, 4.69) is 14.8 Å². The van der Waals surface area contributed by atoms with Gasteiger partial charge in [0.2, 0.25) is 11.9 Å². The average molecular weight is 331 g/mol. The van der Waals surface area contributed by atoms with Crippen molar-refractivity contribution in [2.75, 3.05) is 24.5 Å². The first-order chi connectivity index (χ1) is 11.7. The fourth-order valence-electron chi connectivity index (χ4n) is 4.87. The zero-order valence-electron chi connectivity index (χ0n) is 14.2. The van der Waals surface area contributed by atoms with E-state index >= 15 is 0 Å². The van der Waals surface area contributed by atoms with Crippen LogP contribution in [0.5, 0.6) is 0 Å². The van der Waals surface area contributed by atoms with Gasteiger partial charge < -0.3 is 9.80 Å². The minimum absolute atomic E-state index is 0.274. The summed E-state index contributed by atoms with van der Waals surface area (Å²) in [6.07, 6.45) is 9.01. The second-order valence-electron chi connectivity index (χ2n) is 7.66. The molecule has 2 saturated heterocycles. The summed E-state index contributed by atoms with van der Waals surface area (Å²) in [6.45, 7) is 2.44. The normalized spacial score (nSPS) is 28.8. The fraction of sp³-hybridized carbons (Fsp3) is 0.684. The molecule has 1 aromatic rings. The SMILES string of the molecule is O=C1N(C2CCCCC2)CCC12CCCN(c1cccc(F)n1)C2. The van der Waals surface area contributed by atoms with E-state index in [1.165, 1.54) is 25.3 Å². The number of amides is 1. The number of hydrogen-bond acceptors (Lipinski definition) is 3. The van der Waals surface area contributed by atoms with Crippen LogP contribution >= 0.6 is 0 Å². The molecule has 1 amide bonds. The lowest BCUT2D eigenvalue weighted by molar-refractivity contribution is -0.138. The number of anilines is 1. The highest BCUT2D eigenvalue weighted by molar-refractivity contribution is 5.86. The van der Waals surface area contributed by atoms with Crippen molar-refractivity contribution in [1.29, 1.82) is 0 Å². The summed E-state index contributed by atoms with van der Waals surface area (Å²) in [5.41, 5.74) is -0.274. The molecule has 1 unspecified atom stereocenters. The Labute approximate surface area is 143 Å². The molecule has 1 aromatic heterocycles. The lowest BCUT2D eigenvalue weighted by atomic mass is 9.78. The maximum absolute atomic E-state index is 13.5. The average Bonchev–Trinajstić information content (AvgIpc) is 2.92. The predicted molar refractivity (Wildman–Crippen MR) is 91.3 cm³/mol. The van der Waals surface area contributed by atoms with Crippen molar-refractivity contribution in [1.82, 2.24) is 9.88 Å². The molecule has 1 aliphatic carbocycles. The number of nitrogens with zero attached hydrogens (tertiary/aromatic N) is 3. The Morgan fingerprint density at radius 2 is 1.92 bits per heavy atom. The number of pyridine rings is 1. The maximum Gasteiger partial charge on any atom is 0.230 e. The van der Waals surface area contributed by atoms with Gasteiger partial charge in [-0.2, -0.15) is 4.39 Å². The molecule has 3 aliphatic rings. The molecule has 1 spiro atoms. The number of aromatic nitrogens is 1. The van der Waals surface area contributed by atoms with Crippen LogP contribution in [0.1, 0.15) is 51.4 Å². The molecule has 0 aromatic carbocycles. The minimum atomic E-state index is -0.450. The van der Waals surface area contributed by atoms with Crippen molar-refractivity contribution in [3.05, 3.63) is 24.1 Å². The van der Waals surface area contributed by atoms with Crippen molar-refractivity contribution in [2.24, 2.45) is 5.41 Å². The van der Waals surface area contributed by atoms with E-state index in [1.807, 2.05) is 6.07 Å². The minimum Gasteiger partial charge on any atom is -0.355 e. The van der Waals surface area contributed by atoms with Crippen LogP contribution in [0.4, 0.5) is 10.2 Å². The van der Waals surface area contributed by atoms with Crippen molar-refractivity contribution in [3.8, 4) is 0 Å². The summed E-state index contributed by atoms with van der Waals surface area (Å²) in [7, 11) is 0. The molecule has 130 valence electrons. The van der Waals surface area contributed by atoms with Gasteiger partial charge in [0.15, 0.2) is 0 Å². The Hall–Kier alpha value is -1.65. The van der Waals surface area contributed by atoms with Gasteiger partial charge in [-0.25, -0.2) is 4.98 Å². The van der Waals surface area contributed by atoms with E-state index in [0.717, 1.165) is 45.2 Å². The highest BCUT2D eigenvalue weighted by Gasteiger charge is 2.50. The molecule has 1 saturated carbocycles. The van der Waals surface area contributed by atoms with E-state index in [4.69, 9.17) is 0 Å². The zero-order valence-corrected chi connectivity index (χ0v) is 14.2. The lowest BCUT2D eigenvalue weighted by Gasteiger charge is -2.40. The Morgan fingerprint density at radius 1 is 1.08 bits per heavy atom. The van der Waals surface area contributed by atoms with Gasteiger partial charge >= 0.3 is 0 Å². The fourth-order valence-corrected chi connectivity index (χ4v) is 4.87. The third-order valence-electron chi connectivity index (χ3n) is 6.16. The first-order valence-electron chi connectivity index (χ1n) is 9.37. The standard InChI is InChI=1S/C19H26FN3O/c20-16-8-4-9-17(21-16)22-12-5-10-19(14-22)11-13-23(18(19)24)15-6-2-1-3-7-15/h4,8-9,15H,1-3,5-7,10-14H2. The van der Waals surface area contributed by atoms with E-state index in [0.29, 0.717) is 24.3 Å². The summed E-state index contributed by atoms with van der Waals surface area (Å²) in [6, 6.07) is 5.37.